The number of nitrogens with zero attached hydrogens (tertiary/aromatic N) is 1. The molecule has 0 aromatic heterocycles. The van der Waals surface area contributed by atoms with Crippen molar-refractivity contribution in [1.82, 2.24) is 0 Å². The van der Waals surface area contributed by atoms with E-state index in [0.29, 0.717) is 47.1 Å². The van der Waals surface area contributed by atoms with Gasteiger partial charge in [0.15, 0.2) is 0 Å². The second-order valence-electron chi connectivity index (χ2n) is 8.13. The molecule has 0 bridgehead atoms. The van der Waals surface area contributed by atoms with E-state index in [-0.39, 0.29) is 0 Å². The van der Waals surface area contributed by atoms with Gasteiger partial charge in [-0.3, -0.25) is 9.59 Å². The van der Waals surface area contributed by atoms with Crippen molar-refractivity contribution in [1.29, 1.82) is 0 Å². The lowest BCUT2D eigenvalue weighted by Crippen LogP contribution is -2.11. The van der Waals surface area contributed by atoms with Crippen molar-refractivity contribution < 1.29 is 24.2 Å². The van der Waals surface area contributed by atoms with Gasteiger partial charge in [0.05, 0.1) is 17.5 Å². The van der Waals surface area contributed by atoms with Gasteiger partial charge in [-0.15, -0.1) is 11.8 Å². The number of hydrogen-bond donors (Lipinski definition) is 1. The van der Waals surface area contributed by atoms with Crippen molar-refractivity contribution >= 4 is 35.3 Å². The molecule has 2 aromatic carbocycles. The molecule has 7 nitrogen and oxygen atoms in total. The number of carbonyl (C=O) groups is 2. The highest BCUT2D eigenvalue weighted by Crippen LogP contribution is 2.39. The molecule has 0 fully saturated rings. The Kier molecular flexibility index (Phi) is 11.5. The minimum Gasteiger partial charge on any atom is -0.493 e. The number of carboxylic acid groups (broad SMARTS) is 1. The topological polar surface area (TPSA) is 102 Å². The van der Waals surface area contributed by atoms with Crippen LogP contribution in [0.3, 0.4) is 0 Å². The quantitative estimate of drug-likeness (QED) is 0.0922. The van der Waals surface area contributed by atoms with E-state index >= 15 is 0 Å². The molecule has 0 saturated carbocycles. The van der Waals surface area contributed by atoms with Crippen molar-refractivity contribution in [3.05, 3.63) is 57.0 Å². The molecular formula is C26H32ClNO6S. The Morgan fingerprint density at radius 3 is 2.51 bits per heavy atom. The summed E-state index contributed by atoms with van der Waals surface area (Å²) in [7, 11) is 0. The molecule has 0 aliphatic heterocycles. The summed E-state index contributed by atoms with van der Waals surface area (Å²) in [5.41, 5.74) is 2.03. The van der Waals surface area contributed by atoms with Crippen LogP contribution in [-0.4, -0.2) is 29.4 Å². The molecule has 2 unspecified atom stereocenters. The van der Waals surface area contributed by atoms with E-state index in [1.807, 2.05) is 26.0 Å². The second-order valence-corrected chi connectivity index (χ2v) is 9.68. The zero-order chi connectivity index (χ0) is 26.0. The van der Waals surface area contributed by atoms with E-state index in [2.05, 4.69) is 5.18 Å². The Hall–Kier alpha value is -2.58. The molecule has 1 N–H and O–H groups in total. The van der Waals surface area contributed by atoms with Crippen molar-refractivity contribution in [2.45, 2.75) is 70.2 Å². The lowest BCUT2D eigenvalue weighted by Gasteiger charge is -2.20. The van der Waals surface area contributed by atoms with Gasteiger partial charge in [-0.05, 0) is 56.0 Å². The highest BCUT2D eigenvalue weighted by atomic mass is 35.5. The summed E-state index contributed by atoms with van der Waals surface area (Å²) in [6.45, 7) is 7.28. The maximum Gasteiger partial charge on any atom is 0.310 e. The van der Waals surface area contributed by atoms with E-state index in [1.54, 1.807) is 36.9 Å². The Balaban J connectivity index is 2.07. The zero-order valence-corrected chi connectivity index (χ0v) is 22.1. The number of nitroso groups, excluding NO2 is 1. The van der Waals surface area contributed by atoms with Crippen LogP contribution in [0.15, 0.2) is 40.4 Å². The third-order valence-electron chi connectivity index (χ3n) is 5.50. The largest absolute Gasteiger partial charge is 0.493 e. The molecule has 0 aliphatic carbocycles. The Labute approximate surface area is 215 Å². The van der Waals surface area contributed by atoms with Crippen molar-refractivity contribution in [2.24, 2.45) is 5.18 Å². The lowest BCUT2D eigenvalue weighted by atomic mass is 9.97. The smallest absolute Gasteiger partial charge is 0.310 e. The van der Waals surface area contributed by atoms with Gasteiger partial charge in [-0.1, -0.05) is 43.1 Å². The molecule has 0 heterocycles. The van der Waals surface area contributed by atoms with E-state index < -0.39 is 23.9 Å². The van der Waals surface area contributed by atoms with Crippen LogP contribution in [0.5, 0.6) is 11.5 Å². The van der Waals surface area contributed by atoms with Crippen LogP contribution in [0.4, 0.5) is 0 Å². The first-order valence-electron chi connectivity index (χ1n) is 11.7. The van der Waals surface area contributed by atoms with Crippen LogP contribution < -0.4 is 9.47 Å². The molecule has 0 spiro atoms. The molecule has 2 aromatic rings. The average molecular weight is 522 g/mol. The number of carbonyl (C=O) groups excluding carboxylic acids is 1. The monoisotopic (exact) mass is 521 g/mol. The number of halogens is 1. The number of carboxylic acids is 1. The number of benzene rings is 2. The van der Waals surface area contributed by atoms with E-state index in [9.17, 15) is 14.5 Å². The van der Waals surface area contributed by atoms with Crippen LogP contribution >= 0.6 is 23.4 Å². The summed E-state index contributed by atoms with van der Waals surface area (Å²) in [4.78, 5) is 35.2. The van der Waals surface area contributed by atoms with Crippen LogP contribution in [0.25, 0.3) is 0 Å². The third kappa shape index (κ3) is 7.97. The number of thioether (sulfide) groups is 1. The fourth-order valence-corrected chi connectivity index (χ4v) is 4.79. The Morgan fingerprint density at radius 1 is 1.20 bits per heavy atom. The molecule has 2 atom stereocenters. The van der Waals surface area contributed by atoms with Gasteiger partial charge in [0.1, 0.15) is 17.5 Å². The predicted octanol–water partition coefficient (Wildman–Crippen LogP) is 7.18. The summed E-state index contributed by atoms with van der Waals surface area (Å²) in [6, 6.07) is 8.30. The van der Waals surface area contributed by atoms with E-state index in [1.165, 1.54) is 6.92 Å². The highest BCUT2D eigenvalue weighted by molar-refractivity contribution is 7.99. The maximum absolute atomic E-state index is 11.8. The standard InChI is InChI=1S/C26H32ClNO6S/c1-5-8-20-23(11-10-19(22(6-2)28-32)25(20)34-17(4)29)33-13-7-14-35-24-12-9-18(15-21(24)27)16(3)26(30)31/h9-12,15-16,22H,5-8,13-14H2,1-4H3,(H,30,31). The SMILES string of the molecule is CCCc1c(OCCCSc2ccc(C(C)C(=O)O)cc2Cl)ccc(C(CC)N=O)c1OC(C)=O. The molecule has 0 amide bonds. The Morgan fingerprint density at radius 2 is 1.94 bits per heavy atom. The maximum atomic E-state index is 11.8. The molecule has 35 heavy (non-hydrogen) atoms. The Bertz CT molecular complexity index is 1040. The third-order valence-corrected chi connectivity index (χ3v) is 7.08. The molecule has 2 rings (SSSR count). The van der Waals surface area contributed by atoms with Crippen LogP contribution in [-0.2, 0) is 16.0 Å². The lowest BCUT2D eigenvalue weighted by molar-refractivity contribution is -0.138. The normalized spacial score (nSPS) is 12.6. The zero-order valence-electron chi connectivity index (χ0n) is 20.5. The van der Waals surface area contributed by atoms with Crippen molar-refractivity contribution in [2.75, 3.05) is 12.4 Å². The van der Waals surface area contributed by atoms with Gasteiger partial charge in [-0.25, -0.2) is 0 Å². The first kappa shape index (κ1) is 28.7. The van der Waals surface area contributed by atoms with Crippen LogP contribution in [0.1, 0.15) is 75.6 Å². The van der Waals surface area contributed by atoms with Crippen molar-refractivity contribution in [3.63, 3.8) is 0 Å². The van der Waals surface area contributed by atoms with Gasteiger partial charge in [-0.2, -0.15) is 4.91 Å². The number of aliphatic carboxylic acids is 1. The van der Waals surface area contributed by atoms with Gasteiger partial charge >= 0.3 is 11.9 Å². The fourth-order valence-electron chi connectivity index (χ4n) is 3.60. The molecule has 0 aliphatic rings. The number of esters is 1. The first-order valence-corrected chi connectivity index (χ1v) is 13.0. The number of ether oxygens (including phenoxy) is 2. The van der Waals surface area contributed by atoms with Gasteiger partial charge in [0.25, 0.3) is 0 Å². The molecule has 190 valence electrons. The minimum atomic E-state index is -0.890. The summed E-state index contributed by atoms with van der Waals surface area (Å²) in [5.74, 6) is -0.214. The highest BCUT2D eigenvalue weighted by Gasteiger charge is 2.23. The van der Waals surface area contributed by atoms with E-state index in [4.69, 9.17) is 26.2 Å². The minimum absolute atomic E-state index is 0.375. The summed E-state index contributed by atoms with van der Waals surface area (Å²) >= 11 is 7.92. The molecule has 0 saturated heterocycles. The molecular weight excluding hydrogens is 490 g/mol. The molecule has 9 heteroatoms. The van der Waals surface area contributed by atoms with Crippen molar-refractivity contribution in [3.8, 4) is 11.5 Å². The second kappa shape index (κ2) is 14.1. The van der Waals surface area contributed by atoms with Crippen LogP contribution in [0, 0.1) is 4.91 Å². The van der Waals surface area contributed by atoms with E-state index in [0.717, 1.165) is 29.1 Å². The fraction of sp³-hybridized carbons (Fsp3) is 0.462. The average Bonchev–Trinajstić information content (AvgIpc) is 2.82. The number of rotatable bonds is 14. The first-order chi connectivity index (χ1) is 16.7. The summed E-state index contributed by atoms with van der Waals surface area (Å²) in [6.07, 6.45) is 2.67. The van der Waals surface area contributed by atoms with Crippen LogP contribution in [0.2, 0.25) is 5.02 Å². The van der Waals surface area contributed by atoms with Gasteiger partial charge < -0.3 is 14.6 Å². The predicted molar refractivity (Wildman–Crippen MR) is 139 cm³/mol. The number of hydrogen-bond acceptors (Lipinski definition) is 7. The summed E-state index contributed by atoms with van der Waals surface area (Å²) in [5, 5.41) is 12.9. The van der Waals surface area contributed by atoms with Gasteiger partial charge in [0.2, 0.25) is 0 Å². The summed E-state index contributed by atoms with van der Waals surface area (Å²) < 4.78 is 11.6. The molecule has 0 radical (unpaired) electrons. The van der Waals surface area contributed by atoms with Gasteiger partial charge in [0, 0.05) is 28.7 Å².